The van der Waals surface area contributed by atoms with Gasteiger partial charge in [-0.2, -0.15) is 11.8 Å². The van der Waals surface area contributed by atoms with Crippen molar-refractivity contribution in [3.63, 3.8) is 0 Å². The molecule has 108 valence electrons. The van der Waals surface area contributed by atoms with Crippen molar-refractivity contribution in [2.75, 3.05) is 6.26 Å². The first-order valence-corrected chi connectivity index (χ1v) is 9.42. The molecule has 0 aliphatic heterocycles. The maximum Gasteiger partial charge on any atom is 0.272 e. The number of nitrogens with zero attached hydrogens (tertiary/aromatic N) is 1. The summed E-state index contributed by atoms with van der Waals surface area (Å²) < 4.78 is 3.29. The lowest BCUT2D eigenvalue weighted by Crippen LogP contribution is -2.37. The van der Waals surface area contributed by atoms with Gasteiger partial charge >= 0.3 is 0 Å². The van der Waals surface area contributed by atoms with Crippen molar-refractivity contribution in [3.8, 4) is 0 Å². The molecule has 0 unspecified atom stereocenters. The second-order valence-electron chi connectivity index (χ2n) is 5.43. The van der Waals surface area contributed by atoms with E-state index < -0.39 is 0 Å². The minimum absolute atomic E-state index is 0.0674. The highest BCUT2D eigenvalue weighted by Crippen LogP contribution is 2.39. The number of thiophene rings is 1. The summed E-state index contributed by atoms with van der Waals surface area (Å²) in [6, 6.07) is 1.92. The van der Waals surface area contributed by atoms with Gasteiger partial charge in [0.2, 0.25) is 0 Å². The smallest absolute Gasteiger partial charge is 0.272 e. The molecule has 0 saturated heterocycles. The van der Waals surface area contributed by atoms with E-state index in [2.05, 4.69) is 11.2 Å². The molecule has 1 aliphatic rings. The Balaban J connectivity index is 2.05. The average molecular weight is 327 g/mol. The van der Waals surface area contributed by atoms with E-state index in [-0.39, 0.29) is 10.3 Å². The molecule has 6 heteroatoms. The van der Waals surface area contributed by atoms with E-state index in [0.717, 1.165) is 16.8 Å². The second kappa shape index (κ2) is 5.66. The first-order valence-electron chi connectivity index (χ1n) is 6.91. The SMILES string of the molecule is CSC1(Cn2c(=S)[nH]c3ccsc3c2=O)CCCCC1. The van der Waals surface area contributed by atoms with E-state index in [1.165, 1.54) is 43.4 Å². The molecule has 2 heterocycles. The van der Waals surface area contributed by atoms with Crippen molar-refractivity contribution < 1.29 is 0 Å². The third kappa shape index (κ3) is 2.49. The van der Waals surface area contributed by atoms with Gasteiger partial charge in [-0.3, -0.25) is 9.36 Å². The molecule has 1 fully saturated rings. The zero-order valence-electron chi connectivity index (χ0n) is 11.5. The number of nitrogens with one attached hydrogen (secondary N) is 1. The maximum absolute atomic E-state index is 12.6. The van der Waals surface area contributed by atoms with Gasteiger partial charge in [0.25, 0.3) is 5.56 Å². The minimum Gasteiger partial charge on any atom is -0.331 e. The number of fused-ring (bicyclic) bond motifs is 1. The van der Waals surface area contributed by atoms with E-state index in [0.29, 0.717) is 4.77 Å². The molecular weight excluding hydrogens is 308 g/mol. The second-order valence-corrected chi connectivity index (χ2v) is 8.01. The number of H-pyrrole nitrogens is 1. The molecular formula is C14H18N2OS3. The van der Waals surface area contributed by atoms with Crippen LogP contribution >= 0.6 is 35.3 Å². The Morgan fingerprint density at radius 1 is 1.45 bits per heavy atom. The van der Waals surface area contributed by atoms with E-state index in [9.17, 15) is 4.79 Å². The molecule has 0 aromatic carbocycles. The van der Waals surface area contributed by atoms with Crippen LogP contribution in [0.3, 0.4) is 0 Å². The van der Waals surface area contributed by atoms with Gasteiger partial charge in [0, 0.05) is 11.3 Å². The zero-order valence-corrected chi connectivity index (χ0v) is 13.9. The van der Waals surface area contributed by atoms with Crippen molar-refractivity contribution in [2.45, 2.75) is 43.4 Å². The number of hydrogen-bond donors (Lipinski definition) is 1. The zero-order chi connectivity index (χ0) is 14.2. The van der Waals surface area contributed by atoms with Gasteiger partial charge in [-0.25, -0.2) is 0 Å². The summed E-state index contributed by atoms with van der Waals surface area (Å²) in [6.07, 6.45) is 8.34. The molecule has 3 rings (SSSR count). The van der Waals surface area contributed by atoms with Crippen LogP contribution < -0.4 is 5.56 Å². The van der Waals surface area contributed by atoms with Gasteiger partial charge in [-0.1, -0.05) is 19.3 Å². The largest absolute Gasteiger partial charge is 0.331 e. The number of thioether (sulfide) groups is 1. The van der Waals surface area contributed by atoms with Crippen molar-refractivity contribution >= 4 is 45.5 Å². The minimum atomic E-state index is 0.0674. The predicted molar refractivity (Wildman–Crippen MR) is 90.6 cm³/mol. The molecule has 0 amide bonds. The molecule has 0 atom stereocenters. The summed E-state index contributed by atoms with van der Waals surface area (Å²) in [5, 5.41) is 1.94. The van der Waals surface area contributed by atoms with E-state index in [1.54, 1.807) is 4.57 Å². The first-order chi connectivity index (χ1) is 9.65. The summed E-state index contributed by atoms with van der Waals surface area (Å²) in [7, 11) is 0. The van der Waals surface area contributed by atoms with Crippen molar-refractivity contribution in [1.82, 2.24) is 9.55 Å². The Morgan fingerprint density at radius 2 is 2.20 bits per heavy atom. The molecule has 1 aliphatic carbocycles. The van der Waals surface area contributed by atoms with Gasteiger partial charge in [0.1, 0.15) is 4.70 Å². The molecule has 0 radical (unpaired) electrons. The van der Waals surface area contributed by atoms with E-state index in [4.69, 9.17) is 12.2 Å². The van der Waals surface area contributed by atoms with Gasteiger partial charge < -0.3 is 4.98 Å². The van der Waals surface area contributed by atoms with Crippen molar-refractivity contribution in [3.05, 3.63) is 26.6 Å². The molecule has 20 heavy (non-hydrogen) atoms. The number of hydrogen-bond acceptors (Lipinski definition) is 4. The molecule has 0 bridgehead atoms. The fourth-order valence-corrected chi connectivity index (χ4v) is 5.04. The van der Waals surface area contributed by atoms with Crippen LogP contribution in [-0.2, 0) is 6.54 Å². The summed E-state index contributed by atoms with van der Waals surface area (Å²) in [6.45, 7) is 0.732. The monoisotopic (exact) mass is 326 g/mol. The fraction of sp³-hybridized carbons (Fsp3) is 0.571. The number of aromatic amines is 1. The summed E-state index contributed by atoms with van der Waals surface area (Å²) in [4.78, 5) is 15.8. The number of rotatable bonds is 3. The molecule has 2 aromatic rings. The molecule has 1 saturated carbocycles. The van der Waals surface area contributed by atoms with Crippen LogP contribution in [0.2, 0.25) is 0 Å². The van der Waals surface area contributed by atoms with Crippen molar-refractivity contribution in [1.29, 1.82) is 0 Å². The lowest BCUT2D eigenvalue weighted by atomic mass is 9.88. The fourth-order valence-electron chi connectivity index (χ4n) is 3.03. The number of aromatic nitrogens is 2. The van der Waals surface area contributed by atoms with Gasteiger partial charge in [0.05, 0.1) is 5.52 Å². The summed E-state index contributed by atoms with van der Waals surface area (Å²) in [5.41, 5.74) is 0.931. The summed E-state index contributed by atoms with van der Waals surface area (Å²) in [5.74, 6) is 0. The lowest BCUT2D eigenvalue weighted by molar-refractivity contribution is 0.353. The van der Waals surface area contributed by atoms with Crippen molar-refractivity contribution in [2.24, 2.45) is 0 Å². The highest BCUT2D eigenvalue weighted by molar-refractivity contribution is 8.00. The Morgan fingerprint density at radius 3 is 2.90 bits per heavy atom. The lowest BCUT2D eigenvalue weighted by Gasteiger charge is -2.36. The van der Waals surface area contributed by atoms with Crippen LogP contribution in [0.4, 0.5) is 0 Å². The van der Waals surface area contributed by atoms with Crippen LogP contribution in [0.15, 0.2) is 16.2 Å². The average Bonchev–Trinajstić information content (AvgIpc) is 2.93. The summed E-state index contributed by atoms with van der Waals surface area (Å²) >= 11 is 8.79. The van der Waals surface area contributed by atoms with Gasteiger partial charge in [-0.05, 0) is 42.8 Å². The van der Waals surface area contributed by atoms with Crippen LogP contribution in [0, 0.1) is 4.77 Å². The van der Waals surface area contributed by atoms with Gasteiger partial charge in [-0.15, -0.1) is 11.3 Å². The predicted octanol–water partition coefficient (Wildman–Crippen LogP) is 4.19. The first kappa shape index (κ1) is 14.4. The third-order valence-electron chi connectivity index (χ3n) is 4.24. The van der Waals surface area contributed by atoms with Crippen LogP contribution in [0.1, 0.15) is 32.1 Å². The maximum atomic E-state index is 12.6. The molecule has 2 aromatic heterocycles. The Kier molecular flexibility index (Phi) is 4.06. The molecule has 3 nitrogen and oxygen atoms in total. The van der Waals surface area contributed by atoms with E-state index in [1.807, 2.05) is 23.2 Å². The van der Waals surface area contributed by atoms with Gasteiger partial charge in [0.15, 0.2) is 4.77 Å². The van der Waals surface area contributed by atoms with Crippen LogP contribution in [-0.4, -0.2) is 20.6 Å². The highest BCUT2D eigenvalue weighted by Gasteiger charge is 2.32. The van der Waals surface area contributed by atoms with Crippen LogP contribution in [0.5, 0.6) is 0 Å². The normalized spacial score (nSPS) is 18.4. The standard InChI is InChI=1S/C14H18N2OS3/c1-19-14(6-3-2-4-7-14)9-16-12(17)11-10(5-8-20-11)15-13(16)18/h5,8H,2-4,6-7,9H2,1H3,(H,15,18). The quantitative estimate of drug-likeness (QED) is 0.860. The van der Waals surface area contributed by atoms with Crippen LogP contribution in [0.25, 0.3) is 10.2 Å². The Labute approximate surface area is 131 Å². The third-order valence-corrected chi connectivity index (χ3v) is 6.86. The molecule has 1 N–H and O–H groups in total. The Bertz CT molecular complexity index is 722. The highest BCUT2D eigenvalue weighted by atomic mass is 32.2. The van der Waals surface area contributed by atoms with E-state index >= 15 is 0 Å². The topological polar surface area (TPSA) is 37.8 Å². The molecule has 0 spiro atoms. The Hall–Kier alpha value is -0.590.